The predicted octanol–water partition coefficient (Wildman–Crippen LogP) is 4.19. The number of aryl methyl sites for hydroxylation is 1. The van der Waals surface area contributed by atoms with Crippen LogP contribution < -0.4 is 4.90 Å². The molecule has 0 aliphatic carbocycles. The Bertz CT molecular complexity index is 882. The summed E-state index contributed by atoms with van der Waals surface area (Å²) in [5.74, 6) is -0.362. The third kappa shape index (κ3) is 3.91. The summed E-state index contributed by atoms with van der Waals surface area (Å²) in [6.07, 6.45) is 1.69. The number of amides is 1. The number of fused-ring (bicyclic) bond motifs is 1. The fourth-order valence-corrected chi connectivity index (χ4v) is 3.29. The number of Topliss-reactive ketones (excluding diaryl/α,β-unsaturated/α-hetero) is 1. The highest BCUT2D eigenvalue weighted by atomic mass is 35.5. The summed E-state index contributed by atoms with van der Waals surface area (Å²) in [5.41, 5.74) is 1.92. The Morgan fingerprint density at radius 2 is 1.96 bits per heavy atom. The average molecular weight is 373 g/mol. The van der Waals surface area contributed by atoms with E-state index in [1.165, 1.54) is 12.1 Å². The number of benzene rings is 2. The largest absolute Gasteiger partial charge is 0.312 e. The van der Waals surface area contributed by atoms with Crippen LogP contribution in [0.3, 0.4) is 0 Å². The molecule has 1 heterocycles. The van der Waals surface area contributed by atoms with Gasteiger partial charge in [0.25, 0.3) is 5.69 Å². The molecule has 6 nitrogen and oxygen atoms in total. The Morgan fingerprint density at radius 3 is 2.69 bits per heavy atom. The van der Waals surface area contributed by atoms with E-state index in [4.69, 9.17) is 11.6 Å². The topological polar surface area (TPSA) is 80.5 Å². The molecule has 0 saturated heterocycles. The minimum atomic E-state index is -0.472. The van der Waals surface area contributed by atoms with Crippen LogP contribution in [0.1, 0.15) is 35.2 Å². The second-order valence-corrected chi connectivity index (χ2v) is 6.59. The molecule has 0 spiro atoms. The van der Waals surface area contributed by atoms with Crippen LogP contribution in [0.2, 0.25) is 5.02 Å². The van der Waals surface area contributed by atoms with E-state index in [0.717, 1.165) is 18.4 Å². The molecule has 0 bridgehead atoms. The fourth-order valence-electron chi connectivity index (χ4n) is 3.10. The van der Waals surface area contributed by atoms with E-state index in [1.807, 2.05) is 0 Å². The molecule has 26 heavy (non-hydrogen) atoms. The van der Waals surface area contributed by atoms with Crippen LogP contribution in [0, 0.1) is 10.1 Å². The summed E-state index contributed by atoms with van der Waals surface area (Å²) in [7, 11) is 0. The molecule has 0 radical (unpaired) electrons. The lowest BCUT2D eigenvalue weighted by atomic mass is 10.00. The zero-order valence-electron chi connectivity index (χ0n) is 14.0. The van der Waals surface area contributed by atoms with Gasteiger partial charge in [-0.2, -0.15) is 0 Å². The lowest BCUT2D eigenvalue weighted by Gasteiger charge is -2.29. The number of carbonyl (C=O) groups excluding carboxylic acids is 2. The van der Waals surface area contributed by atoms with Crippen molar-refractivity contribution in [3.63, 3.8) is 0 Å². The SMILES string of the molecule is O=C(CCC(=O)N1CCCc2ccc([N+](=O)[O-])cc21)c1cccc(Cl)c1. The van der Waals surface area contributed by atoms with E-state index >= 15 is 0 Å². The summed E-state index contributed by atoms with van der Waals surface area (Å²) in [4.78, 5) is 37.0. The standard InChI is InChI=1S/C19H17ClN2O4/c20-15-5-1-3-14(11-15)18(23)8-9-19(24)21-10-2-4-13-6-7-16(22(25)26)12-17(13)21/h1,3,5-7,11-12H,2,4,8-10H2. The van der Waals surface area contributed by atoms with Gasteiger partial charge in [-0.3, -0.25) is 19.7 Å². The highest BCUT2D eigenvalue weighted by Crippen LogP contribution is 2.31. The summed E-state index contributed by atoms with van der Waals surface area (Å²) in [5, 5.41) is 11.5. The molecule has 7 heteroatoms. The second kappa shape index (κ2) is 7.66. The minimum Gasteiger partial charge on any atom is -0.312 e. The summed E-state index contributed by atoms with van der Waals surface area (Å²) < 4.78 is 0. The lowest BCUT2D eigenvalue weighted by molar-refractivity contribution is -0.384. The van der Waals surface area contributed by atoms with Gasteiger partial charge in [0, 0.05) is 42.1 Å². The number of halogens is 1. The van der Waals surface area contributed by atoms with Gasteiger partial charge in [0.15, 0.2) is 5.78 Å². The first kappa shape index (κ1) is 18.1. The van der Waals surface area contributed by atoms with Crippen LogP contribution in [0.15, 0.2) is 42.5 Å². The lowest BCUT2D eigenvalue weighted by Crippen LogP contribution is -2.35. The summed E-state index contributed by atoms with van der Waals surface area (Å²) >= 11 is 5.89. The van der Waals surface area contributed by atoms with Gasteiger partial charge in [0.1, 0.15) is 0 Å². The molecule has 1 aliphatic rings. The Morgan fingerprint density at radius 1 is 1.15 bits per heavy atom. The number of non-ortho nitro benzene ring substituents is 1. The first-order valence-electron chi connectivity index (χ1n) is 8.32. The van der Waals surface area contributed by atoms with Crippen molar-refractivity contribution >= 4 is 34.7 Å². The van der Waals surface area contributed by atoms with Crippen molar-refractivity contribution in [1.29, 1.82) is 0 Å². The van der Waals surface area contributed by atoms with Crippen molar-refractivity contribution in [3.05, 3.63) is 68.7 Å². The maximum atomic E-state index is 12.6. The Hall–Kier alpha value is -2.73. The van der Waals surface area contributed by atoms with E-state index in [1.54, 1.807) is 35.2 Å². The van der Waals surface area contributed by atoms with Crippen molar-refractivity contribution < 1.29 is 14.5 Å². The first-order chi connectivity index (χ1) is 12.5. The van der Waals surface area contributed by atoms with Gasteiger partial charge < -0.3 is 4.90 Å². The number of hydrogen-bond acceptors (Lipinski definition) is 4. The molecule has 0 N–H and O–H groups in total. The number of ketones is 1. The number of nitrogens with zero attached hydrogens (tertiary/aromatic N) is 2. The van der Waals surface area contributed by atoms with Crippen LogP contribution in [0.25, 0.3) is 0 Å². The zero-order chi connectivity index (χ0) is 18.7. The third-order valence-electron chi connectivity index (χ3n) is 4.41. The van der Waals surface area contributed by atoms with Crippen molar-refractivity contribution in [3.8, 4) is 0 Å². The molecule has 2 aromatic carbocycles. The highest BCUT2D eigenvalue weighted by Gasteiger charge is 2.25. The third-order valence-corrected chi connectivity index (χ3v) is 4.65. The number of nitro groups is 1. The molecule has 1 aliphatic heterocycles. The van der Waals surface area contributed by atoms with Gasteiger partial charge >= 0.3 is 0 Å². The molecule has 0 fully saturated rings. The highest BCUT2D eigenvalue weighted by molar-refractivity contribution is 6.31. The zero-order valence-corrected chi connectivity index (χ0v) is 14.7. The maximum Gasteiger partial charge on any atom is 0.271 e. The maximum absolute atomic E-state index is 12.6. The minimum absolute atomic E-state index is 0.0431. The van der Waals surface area contributed by atoms with Gasteiger partial charge in [-0.05, 0) is 30.5 Å². The smallest absolute Gasteiger partial charge is 0.271 e. The van der Waals surface area contributed by atoms with E-state index in [2.05, 4.69) is 0 Å². The molecule has 1 amide bonds. The fraction of sp³-hybridized carbons (Fsp3) is 0.263. The Labute approximate surface area is 155 Å². The molecule has 0 saturated carbocycles. The van der Waals surface area contributed by atoms with Crippen LogP contribution in [-0.4, -0.2) is 23.2 Å². The van der Waals surface area contributed by atoms with Crippen molar-refractivity contribution in [1.82, 2.24) is 0 Å². The van der Waals surface area contributed by atoms with Crippen LogP contribution in [0.4, 0.5) is 11.4 Å². The average Bonchev–Trinajstić information content (AvgIpc) is 2.64. The normalized spacial score (nSPS) is 13.2. The van der Waals surface area contributed by atoms with Gasteiger partial charge in [-0.15, -0.1) is 0 Å². The van der Waals surface area contributed by atoms with Gasteiger partial charge in [0.2, 0.25) is 5.91 Å². The monoisotopic (exact) mass is 372 g/mol. The number of carbonyl (C=O) groups is 2. The van der Waals surface area contributed by atoms with E-state index in [0.29, 0.717) is 22.8 Å². The van der Waals surface area contributed by atoms with E-state index in [-0.39, 0.29) is 30.2 Å². The van der Waals surface area contributed by atoms with Crippen LogP contribution >= 0.6 is 11.6 Å². The number of rotatable bonds is 5. The number of anilines is 1. The Kier molecular flexibility index (Phi) is 5.32. The molecule has 0 aromatic heterocycles. The van der Waals surface area contributed by atoms with Gasteiger partial charge in [-0.1, -0.05) is 29.8 Å². The van der Waals surface area contributed by atoms with Gasteiger partial charge in [0.05, 0.1) is 10.6 Å². The quantitative estimate of drug-likeness (QED) is 0.447. The number of hydrogen-bond donors (Lipinski definition) is 0. The molecule has 0 unspecified atom stereocenters. The summed E-state index contributed by atoms with van der Waals surface area (Å²) in [6.45, 7) is 0.498. The molecule has 134 valence electrons. The second-order valence-electron chi connectivity index (χ2n) is 6.15. The predicted molar refractivity (Wildman–Crippen MR) is 98.8 cm³/mol. The molecule has 0 atom stereocenters. The van der Waals surface area contributed by atoms with Crippen molar-refractivity contribution in [2.75, 3.05) is 11.4 Å². The molecule has 3 rings (SSSR count). The van der Waals surface area contributed by atoms with Crippen molar-refractivity contribution in [2.45, 2.75) is 25.7 Å². The van der Waals surface area contributed by atoms with E-state index in [9.17, 15) is 19.7 Å². The van der Waals surface area contributed by atoms with E-state index < -0.39 is 4.92 Å². The Balaban J connectivity index is 1.72. The summed E-state index contributed by atoms with van der Waals surface area (Å²) in [6, 6.07) is 11.2. The van der Waals surface area contributed by atoms with Gasteiger partial charge in [-0.25, -0.2) is 0 Å². The molecule has 2 aromatic rings. The van der Waals surface area contributed by atoms with Crippen LogP contribution in [0.5, 0.6) is 0 Å². The first-order valence-corrected chi connectivity index (χ1v) is 8.70. The molecular formula is C19H17ClN2O4. The van der Waals surface area contributed by atoms with Crippen molar-refractivity contribution in [2.24, 2.45) is 0 Å². The molecular weight excluding hydrogens is 356 g/mol. The number of nitro benzene ring substituents is 1. The van der Waals surface area contributed by atoms with Crippen LogP contribution in [-0.2, 0) is 11.2 Å².